The summed E-state index contributed by atoms with van der Waals surface area (Å²) in [6.07, 6.45) is 14.3. The zero-order chi connectivity index (χ0) is 27.3. The van der Waals surface area contributed by atoms with Gasteiger partial charge in [-0.1, -0.05) is 61.4 Å². The Labute approximate surface area is 218 Å². The lowest BCUT2D eigenvalue weighted by Gasteiger charge is -2.38. The highest BCUT2D eigenvalue weighted by molar-refractivity contribution is 5.69. The first kappa shape index (κ1) is 32.3. The van der Waals surface area contributed by atoms with Crippen LogP contribution in [-0.4, -0.2) is 59.8 Å². The van der Waals surface area contributed by atoms with Crippen LogP contribution >= 0.6 is 0 Å². The summed E-state index contributed by atoms with van der Waals surface area (Å²) in [4.78, 5) is 11.3. The molecule has 6 N–H and O–H groups in total. The standard InChI is InChI=1S/C29H50N2O5/c1-7-9-27-22(5)26(33)18-28(36-27)25(31)11-8-10-19(2)14-21(4)15-20(3)12-13-24(32)16-23(30)17-29(34)35-6/h7-11,15,21-28,32-33H,12-14,16-18,30-31H2,1-6H3/b9-7+,11-8+,19-10+,20-15-/t21-,22+,23+,24+,25+,26-,27+,28+/m1/s1. The summed E-state index contributed by atoms with van der Waals surface area (Å²) in [5, 5.41) is 20.6. The number of allylic oxidation sites excluding steroid dienone is 6. The molecule has 7 nitrogen and oxygen atoms in total. The van der Waals surface area contributed by atoms with Crippen LogP contribution in [0.4, 0.5) is 0 Å². The minimum absolute atomic E-state index is 0.0566. The average Bonchev–Trinajstić information content (AvgIpc) is 2.80. The number of hydrogen-bond donors (Lipinski definition) is 4. The third kappa shape index (κ3) is 12.5. The molecule has 0 aromatic rings. The van der Waals surface area contributed by atoms with Gasteiger partial charge in [-0.3, -0.25) is 4.79 Å². The maximum absolute atomic E-state index is 11.3. The predicted octanol–water partition coefficient (Wildman–Crippen LogP) is 3.94. The molecule has 1 saturated heterocycles. The van der Waals surface area contributed by atoms with E-state index >= 15 is 0 Å². The van der Waals surface area contributed by atoms with Crippen molar-refractivity contribution in [2.24, 2.45) is 23.3 Å². The van der Waals surface area contributed by atoms with Gasteiger partial charge in [0.1, 0.15) is 0 Å². The average molecular weight is 507 g/mol. The number of esters is 1. The van der Waals surface area contributed by atoms with E-state index in [4.69, 9.17) is 16.2 Å². The number of carbonyl (C=O) groups excluding carboxylic acids is 1. The van der Waals surface area contributed by atoms with E-state index < -0.39 is 18.2 Å². The maximum atomic E-state index is 11.3. The van der Waals surface area contributed by atoms with Crippen LogP contribution in [0.1, 0.15) is 73.1 Å². The van der Waals surface area contributed by atoms with Crippen LogP contribution in [0.2, 0.25) is 0 Å². The van der Waals surface area contributed by atoms with Crippen molar-refractivity contribution in [2.45, 2.75) is 110 Å². The third-order valence-corrected chi connectivity index (χ3v) is 6.77. The molecule has 0 aliphatic carbocycles. The van der Waals surface area contributed by atoms with E-state index in [1.54, 1.807) is 0 Å². The summed E-state index contributed by atoms with van der Waals surface area (Å²) in [6.45, 7) is 10.3. The van der Waals surface area contributed by atoms with Crippen molar-refractivity contribution >= 4 is 5.97 Å². The van der Waals surface area contributed by atoms with E-state index in [-0.39, 0.29) is 36.6 Å². The fraction of sp³-hybridized carbons (Fsp3) is 0.690. The van der Waals surface area contributed by atoms with E-state index in [0.717, 1.165) is 12.8 Å². The van der Waals surface area contributed by atoms with Gasteiger partial charge in [0.15, 0.2) is 0 Å². The van der Waals surface area contributed by atoms with Gasteiger partial charge < -0.3 is 31.2 Å². The molecule has 0 aromatic heterocycles. The van der Waals surface area contributed by atoms with Crippen LogP contribution in [0, 0.1) is 11.8 Å². The van der Waals surface area contributed by atoms with Crippen LogP contribution < -0.4 is 11.5 Å². The summed E-state index contributed by atoms with van der Waals surface area (Å²) in [5.74, 6) is 0.0665. The number of ether oxygens (including phenoxy) is 2. The molecular weight excluding hydrogens is 456 g/mol. The summed E-state index contributed by atoms with van der Waals surface area (Å²) < 4.78 is 10.7. The highest BCUT2D eigenvalue weighted by Gasteiger charge is 2.35. The number of nitrogens with two attached hydrogens (primary N) is 2. The largest absolute Gasteiger partial charge is 0.469 e. The van der Waals surface area contributed by atoms with E-state index in [1.165, 1.54) is 18.3 Å². The zero-order valence-electron chi connectivity index (χ0n) is 23.1. The van der Waals surface area contributed by atoms with Gasteiger partial charge in [-0.15, -0.1) is 0 Å². The molecule has 0 aromatic carbocycles. The Balaban J connectivity index is 2.49. The fourth-order valence-electron chi connectivity index (χ4n) is 4.63. The maximum Gasteiger partial charge on any atom is 0.307 e. The molecule has 1 fully saturated rings. The van der Waals surface area contributed by atoms with Crippen LogP contribution in [-0.2, 0) is 14.3 Å². The van der Waals surface area contributed by atoms with Gasteiger partial charge in [-0.25, -0.2) is 0 Å². The first-order valence-corrected chi connectivity index (χ1v) is 13.2. The van der Waals surface area contributed by atoms with E-state index in [9.17, 15) is 15.0 Å². The van der Waals surface area contributed by atoms with E-state index in [0.29, 0.717) is 25.2 Å². The van der Waals surface area contributed by atoms with Gasteiger partial charge in [0.05, 0.1) is 37.9 Å². The molecule has 0 radical (unpaired) electrons. The molecule has 8 atom stereocenters. The number of methoxy groups -OCH3 is 1. The Morgan fingerprint density at radius 2 is 1.92 bits per heavy atom. The monoisotopic (exact) mass is 506 g/mol. The Morgan fingerprint density at radius 3 is 2.56 bits per heavy atom. The molecule has 1 aliphatic rings. The first-order valence-electron chi connectivity index (χ1n) is 13.2. The Hall–Kier alpha value is -1.77. The molecule has 7 heteroatoms. The quantitative estimate of drug-likeness (QED) is 0.160. The van der Waals surface area contributed by atoms with Gasteiger partial charge in [0.25, 0.3) is 0 Å². The first-order chi connectivity index (χ1) is 17.0. The summed E-state index contributed by atoms with van der Waals surface area (Å²) in [6, 6.07) is -0.673. The van der Waals surface area contributed by atoms with Gasteiger partial charge in [-0.05, 0) is 52.4 Å². The highest BCUT2D eigenvalue weighted by atomic mass is 16.5. The second-order valence-electron chi connectivity index (χ2n) is 10.5. The van der Waals surface area contributed by atoms with Crippen molar-refractivity contribution < 1.29 is 24.5 Å². The van der Waals surface area contributed by atoms with Crippen LogP contribution in [0.25, 0.3) is 0 Å². The van der Waals surface area contributed by atoms with Crippen molar-refractivity contribution in [3.8, 4) is 0 Å². The van der Waals surface area contributed by atoms with Gasteiger partial charge >= 0.3 is 5.97 Å². The SMILES string of the molecule is C/C=C/[C@@H]1O[C@H]([C@@H](N)/C=C/C=C(\C)C[C@@H](C)/C=C(/C)CC[C@H](O)C[C@H](N)CC(=O)OC)C[C@@H](O)[C@@H]1C. The topological polar surface area (TPSA) is 128 Å². The third-order valence-electron chi connectivity index (χ3n) is 6.77. The number of aliphatic hydroxyl groups excluding tert-OH is 2. The van der Waals surface area contributed by atoms with Crippen molar-refractivity contribution in [3.05, 3.63) is 47.6 Å². The molecule has 0 amide bonds. The molecule has 206 valence electrons. The van der Waals surface area contributed by atoms with Crippen LogP contribution in [0.5, 0.6) is 0 Å². The number of carbonyl (C=O) groups is 1. The molecule has 1 rings (SSSR count). The van der Waals surface area contributed by atoms with Crippen molar-refractivity contribution in [1.82, 2.24) is 0 Å². The smallest absolute Gasteiger partial charge is 0.307 e. The molecule has 0 spiro atoms. The van der Waals surface area contributed by atoms with Gasteiger partial charge in [0, 0.05) is 24.4 Å². The minimum Gasteiger partial charge on any atom is -0.469 e. The molecule has 1 heterocycles. The summed E-state index contributed by atoms with van der Waals surface area (Å²) >= 11 is 0. The Bertz CT molecular complexity index is 776. The van der Waals surface area contributed by atoms with Gasteiger partial charge in [0.2, 0.25) is 0 Å². The van der Waals surface area contributed by atoms with Gasteiger partial charge in [-0.2, -0.15) is 0 Å². The normalized spacial score (nSPS) is 27.3. The van der Waals surface area contributed by atoms with E-state index in [1.807, 2.05) is 38.2 Å². The van der Waals surface area contributed by atoms with Crippen molar-refractivity contribution in [1.29, 1.82) is 0 Å². The minimum atomic E-state index is -0.537. The Morgan fingerprint density at radius 1 is 1.22 bits per heavy atom. The lowest BCUT2D eigenvalue weighted by Crippen LogP contribution is -2.48. The molecule has 0 saturated carbocycles. The lowest BCUT2D eigenvalue weighted by atomic mass is 9.88. The zero-order valence-corrected chi connectivity index (χ0v) is 23.1. The summed E-state index contributed by atoms with van der Waals surface area (Å²) in [5.41, 5.74) is 14.7. The molecule has 36 heavy (non-hydrogen) atoms. The van der Waals surface area contributed by atoms with Crippen LogP contribution in [0.3, 0.4) is 0 Å². The molecular formula is C29H50N2O5. The molecule has 0 unspecified atom stereocenters. The van der Waals surface area contributed by atoms with E-state index in [2.05, 4.69) is 37.7 Å². The molecule has 1 aliphatic heterocycles. The summed E-state index contributed by atoms with van der Waals surface area (Å²) in [7, 11) is 1.34. The highest BCUT2D eigenvalue weighted by Crippen LogP contribution is 2.28. The molecule has 0 bridgehead atoms. The number of aliphatic hydroxyl groups is 2. The number of hydrogen-bond acceptors (Lipinski definition) is 7. The van der Waals surface area contributed by atoms with Crippen molar-refractivity contribution in [3.63, 3.8) is 0 Å². The Kier molecular flexibility index (Phi) is 15.1. The second-order valence-corrected chi connectivity index (χ2v) is 10.5. The fourth-order valence-corrected chi connectivity index (χ4v) is 4.63. The van der Waals surface area contributed by atoms with Crippen molar-refractivity contribution in [2.75, 3.05) is 7.11 Å². The van der Waals surface area contributed by atoms with Crippen LogP contribution in [0.15, 0.2) is 47.6 Å². The predicted molar refractivity (Wildman–Crippen MR) is 146 cm³/mol. The number of rotatable bonds is 14. The second kappa shape index (κ2) is 16.9. The lowest BCUT2D eigenvalue weighted by molar-refractivity contribution is -0.141.